The normalized spacial score (nSPS) is 12.4. The van der Waals surface area contributed by atoms with E-state index in [9.17, 15) is 22.4 Å². The first kappa shape index (κ1) is 37.7. The first-order chi connectivity index (χ1) is 23.7. The average molecular weight is 731 g/mol. The predicted octanol–water partition coefficient (Wildman–Crippen LogP) is 4.02. The number of rotatable bonds is 14. The lowest BCUT2D eigenvalue weighted by Crippen LogP contribution is -2.39. The van der Waals surface area contributed by atoms with E-state index < -0.39 is 34.0 Å². The predicted molar refractivity (Wildman–Crippen MR) is 181 cm³/mol. The van der Waals surface area contributed by atoms with Gasteiger partial charge in [-0.05, 0) is 66.2 Å². The number of carboxylic acid groups (broad SMARTS) is 2. The lowest BCUT2D eigenvalue weighted by molar-refractivity contribution is -0.165. The van der Waals surface area contributed by atoms with Gasteiger partial charge in [0.25, 0.3) is 0 Å². The minimum absolute atomic E-state index is 0.0664. The molecule has 2 unspecified atom stereocenters. The minimum atomic E-state index is -3.02. The van der Waals surface area contributed by atoms with Crippen LogP contribution in [0.1, 0.15) is 11.3 Å². The molecule has 17 heteroatoms. The molecule has 50 heavy (non-hydrogen) atoms. The number of hydrogen-bond donors (Lipinski definition) is 6. The van der Waals surface area contributed by atoms with Crippen LogP contribution in [0, 0.1) is 5.82 Å². The standard InChI is InChI=1S/C29H26ClFN4O4S.C4H6O6/c1-40(36,37)12-11-32-16-23-7-10-27(39-23)20-5-8-26-24(14-20)29(34-18-33-26)35-22-6-9-28(25(30)15-22)38-17-19-3-2-4-21(31)13-19;5-1(3(7)8)2(6)4(9)10/h2-10,13-15,18,32H,11-12,16-17H2,1H3,(H,33,34,35);1-2,5-6H,(H,7,8)(H,9,10). The van der Waals surface area contributed by atoms with Crippen molar-refractivity contribution in [2.45, 2.75) is 25.4 Å². The summed E-state index contributed by atoms with van der Waals surface area (Å²) in [6.07, 6.45) is -1.84. The Morgan fingerprint density at radius 1 is 0.980 bits per heavy atom. The second kappa shape index (κ2) is 17.0. The number of nitrogens with zero attached hydrogens (tertiary/aromatic N) is 2. The summed E-state index contributed by atoms with van der Waals surface area (Å²) in [6.45, 7) is 0.956. The van der Waals surface area contributed by atoms with E-state index in [-0.39, 0.29) is 18.2 Å². The summed E-state index contributed by atoms with van der Waals surface area (Å²) >= 11 is 6.47. The highest BCUT2D eigenvalue weighted by atomic mass is 35.5. The van der Waals surface area contributed by atoms with Crippen LogP contribution in [-0.2, 0) is 32.6 Å². The Labute approximate surface area is 290 Å². The van der Waals surface area contributed by atoms with Gasteiger partial charge in [-0.2, -0.15) is 0 Å². The van der Waals surface area contributed by atoms with Crippen LogP contribution in [0.15, 0.2) is 83.5 Å². The zero-order chi connectivity index (χ0) is 36.4. The second-order valence-corrected chi connectivity index (χ2v) is 13.4. The van der Waals surface area contributed by atoms with E-state index in [4.69, 9.17) is 41.2 Å². The van der Waals surface area contributed by atoms with Crippen LogP contribution in [-0.4, -0.2) is 81.5 Å². The molecular formula is C33H32ClFN4O10S. The van der Waals surface area contributed by atoms with Gasteiger partial charge in [0.15, 0.2) is 12.2 Å². The van der Waals surface area contributed by atoms with Gasteiger partial charge >= 0.3 is 11.9 Å². The van der Waals surface area contributed by atoms with E-state index in [0.717, 1.165) is 16.5 Å². The number of furan rings is 1. The van der Waals surface area contributed by atoms with Crippen LogP contribution in [0.5, 0.6) is 5.75 Å². The fourth-order valence-corrected chi connectivity index (χ4v) is 5.05. The monoisotopic (exact) mass is 730 g/mol. The van der Waals surface area contributed by atoms with Gasteiger partial charge in [-0.3, -0.25) is 0 Å². The second-order valence-electron chi connectivity index (χ2n) is 10.8. The van der Waals surface area contributed by atoms with Crippen molar-refractivity contribution in [1.82, 2.24) is 15.3 Å². The molecule has 264 valence electrons. The molecule has 0 aliphatic carbocycles. The number of anilines is 2. The number of aliphatic hydroxyl groups excluding tert-OH is 2. The van der Waals surface area contributed by atoms with Gasteiger partial charge in [0, 0.05) is 29.4 Å². The molecule has 6 N–H and O–H groups in total. The molecule has 0 saturated carbocycles. The van der Waals surface area contributed by atoms with Crippen molar-refractivity contribution in [3.63, 3.8) is 0 Å². The largest absolute Gasteiger partial charge is 0.487 e. The SMILES string of the molecule is CS(=O)(=O)CCNCc1ccc(-c2ccc3ncnc(Nc4ccc(OCc5cccc(F)c5)c(Cl)c4)c3c2)o1.O=C(O)C(O)C(O)C(=O)O. The molecule has 0 radical (unpaired) electrons. The Bertz CT molecular complexity index is 2060. The smallest absolute Gasteiger partial charge is 0.335 e. The molecule has 5 rings (SSSR count). The molecule has 0 amide bonds. The molecule has 0 aliphatic rings. The van der Waals surface area contributed by atoms with Crippen molar-refractivity contribution in [2.75, 3.05) is 23.9 Å². The van der Waals surface area contributed by atoms with E-state index >= 15 is 0 Å². The Morgan fingerprint density at radius 3 is 2.38 bits per heavy atom. The zero-order valence-corrected chi connectivity index (χ0v) is 27.9. The molecule has 2 heterocycles. The molecular weight excluding hydrogens is 699 g/mol. The maximum atomic E-state index is 13.4. The van der Waals surface area contributed by atoms with Gasteiger partial charge in [-0.1, -0.05) is 23.7 Å². The maximum absolute atomic E-state index is 13.4. The van der Waals surface area contributed by atoms with Crippen LogP contribution in [0.25, 0.3) is 22.2 Å². The Balaban J connectivity index is 0.000000490. The molecule has 2 aromatic heterocycles. The number of carboxylic acids is 2. The highest BCUT2D eigenvalue weighted by Gasteiger charge is 2.29. The summed E-state index contributed by atoms with van der Waals surface area (Å²) in [5.74, 6) is -1.36. The minimum Gasteiger partial charge on any atom is -0.487 e. The maximum Gasteiger partial charge on any atom is 0.335 e. The van der Waals surface area contributed by atoms with Crippen LogP contribution >= 0.6 is 11.6 Å². The van der Waals surface area contributed by atoms with E-state index in [1.807, 2.05) is 36.4 Å². The number of hydrogen-bond acceptors (Lipinski definition) is 12. The van der Waals surface area contributed by atoms with Crippen molar-refractivity contribution in [1.29, 1.82) is 0 Å². The lowest BCUT2D eigenvalue weighted by Gasteiger charge is -2.12. The number of ether oxygens (including phenoxy) is 1. The van der Waals surface area contributed by atoms with Crippen LogP contribution in [0.2, 0.25) is 5.02 Å². The van der Waals surface area contributed by atoms with Gasteiger partial charge in [0.2, 0.25) is 0 Å². The van der Waals surface area contributed by atoms with Crippen molar-refractivity contribution in [3.05, 3.63) is 101 Å². The Kier molecular flexibility index (Phi) is 12.8. The van der Waals surface area contributed by atoms with Crippen LogP contribution < -0.4 is 15.4 Å². The van der Waals surface area contributed by atoms with E-state index in [0.29, 0.717) is 52.5 Å². The third-order valence-corrected chi connectivity index (χ3v) is 8.05. The molecule has 0 saturated heterocycles. The average Bonchev–Trinajstić information content (AvgIpc) is 3.54. The van der Waals surface area contributed by atoms with Gasteiger partial charge in [-0.15, -0.1) is 0 Å². The zero-order valence-electron chi connectivity index (χ0n) is 26.3. The highest BCUT2D eigenvalue weighted by molar-refractivity contribution is 7.90. The molecule has 0 aliphatic heterocycles. The van der Waals surface area contributed by atoms with Crippen LogP contribution in [0.4, 0.5) is 15.9 Å². The summed E-state index contributed by atoms with van der Waals surface area (Å²) in [7, 11) is -3.02. The third-order valence-electron chi connectivity index (χ3n) is 6.81. The first-order valence-corrected chi connectivity index (χ1v) is 17.1. The number of sulfone groups is 1. The molecule has 3 aromatic carbocycles. The third kappa shape index (κ3) is 10.9. The number of benzene rings is 3. The molecule has 14 nitrogen and oxygen atoms in total. The van der Waals surface area contributed by atoms with Crippen LogP contribution in [0.3, 0.4) is 0 Å². The van der Waals surface area contributed by atoms with E-state index in [2.05, 4.69) is 20.6 Å². The van der Waals surface area contributed by atoms with Gasteiger partial charge in [0.1, 0.15) is 51.7 Å². The number of nitrogens with one attached hydrogen (secondary N) is 2. The fraction of sp³-hybridized carbons (Fsp3) is 0.212. The van der Waals surface area contributed by atoms with Gasteiger partial charge < -0.3 is 40.2 Å². The quantitative estimate of drug-likeness (QED) is 0.0889. The number of aliphatic carboxylic acids is 2. The highest BCUT2D eigenvalue weighted by Crippen LogP contribution is 2.33. The van der Waals surface area contributed by atoms with Gasteiger partial charge in [0.05, 0.1) is 22.8 Å². The van der Waals surface area contributed by atoms with Gasteiger partial charge in [-0.25, -0.2) is 32.4 Å². The number of fused-ring (bicyclic) bond motifs is 1. The van der Waals surface area contributed by atoms with Crippen molar-refractivity contribution in [3.8, 4) is 17.1 Å². The Hall–Kier alpha value is -5.13. The number of aromatic nitrogens is 2. The summed E-state index contributed by atoms with van der Waals surface area (Å²) < 4.78 is 47.8. The molecule has 2 atom stereocenters. The number of halogens is 2. The van der Waals surface area contributed by atoms with E-state index in [1.165, 1.54) is 24.7 Å². The Morgan fingerprint density at radius 2 is 1.72 bits per heavy atom. The summed E-state index contributed by atoms with van der Waals surface area (Å²) in [4.78, 5) is 28.3. The summed E-state index contributed by atoms with van der Waals surface area (Å²) in [6, 6.07) is 21.0. The summed E-state index contributed by atoms with van der Waals surface area (Å²) in [5.41, 5.74) is 2.99. The van der Waals surface area contributed by atoms with Crippen molar-refractivity contribution >= 4 is 55.8 Å². The fourth-order valence-electron chi connectivity index (χ4n) is 4.30. The van der Waals surface area contributed by atoms with Crippen molar-refractivity contribution < 1.29 is 52.0 Å². The number of aliphatic hydroxyl groups is 2. The molecule has 0 bridgehead atoms. The van der Waals surface area contributed by atoms with Crippen molar-refractivity contribution in [2.24, 2.45) is 0 Å². The number of carbonyl (C=O) groups is 2. The molecule has 0 spiro atoms. The van der Waals surface area contributed by atoms with E-state index in [1.54, 1.807) is 24.3 Å². The summed E-state index contributed by atoms with van der Waals surface area (Å²) in [5, 5.41) is 40.1. The lowest BCUT2D eigenvalue weighted by atomic mass is 10.1. The molecule has 0 fully saturated rings. The molecule has 5 aromatic rings. The topological polar surface area (TPSA) is 221 Å². The first-order valence-electron chi connectivity index (χ1n) is 14.7.